The second-order valence-corrected chi connectivity index (χ2v) is 7.88. The standard InChI is InChI=1S/C20H24N6O2S/c1-13-7-5-6-8-17(13)21-12-18-23-25-20(26(18)4)29-15(3)19(27)24-22-11-16-10-9-14(2)28-16/h5-11,15,21H,12H2,1-4H3,(H,24,27)/b22-11-/t15-/m0/s1. The fourth-order valence-corrected chi connectivity index (χ4v) is 3.36. The van der Waals surface area contributed by atoms with E-state index in [1.54, 1.807) is 13.0 Å². The summed E-state index contributed by atoms with van der Waals surface area (Å²) >= 11 is 1.33. The fourth-order valence-electron chi connectivity index (χ4n) is 2.53. The second kappa shape index (κ2) is 9.42. The molecule has 1 amide bonds. The summed E-state index contributed by atoms with van der Waals surface area (Å²) in [7, 11) is 1.89. The zero-order valence-electron chi connectivity index (χ0n) is 16.8. The van der Waals surface area contributed by atoms with Crippen molar-refractivity contribution in [3.05, 3.63) is 59.3 Å². The molecule has 0 spiro atoms. The number of amides is 1. The monoisotopic (exact) mass is 412 g/mol. The number of nitrogens with zero attached hydrogens (tertiary/aromatic N) is 4. The molecule has 29 heavy (non-hydrogen) atoms. The lowest BCUT2D eigenvalue weighted by Gasteiger charge is -2.10. The van der Waals surface area contributed by atoms with Crippen molar-refractivity contribution in [1.82, 2.24) is 20.2 Å². The largest absolute Gasteiger partial charge is 0.460 e. The van der Waals surface area contributed by atoms with Gasteiger partial charge in [-0.1, -0.05) is 30.0 Å². The number of hydrogen-bond donors (Lipinski definition) is 2. The average Bonchev–Trinajstić information content (AvgIpc) is 3.27. The molecule has 1 aromatic carbocycles. The van der Waals surface area contributed by atoms with Gasteiger partial charge in [-0.25, -0.2) is 5.43 Å². The zero-order valence-corrected chi connectivity index (χ0v) is 17.7. The number of thioether (sulfide) groups is 1. The van der Waals surface area contributed by atoms with E-state index in [0.29, 0.717) is 17.5 Å². The number of nitrogens with one attached hydrogen (secondary N) is 2. The number of aryl methyl sites for hydroxylation is 2. The second-order valence-electron chi connectivity index (χ2n) is 6.57. The molecule has 2 heterocycles. The summed E-state index contributed by atoms with van der Waals surface area (Å²) in [5.74, 6) is 1.94. The first-order valence-corrected chi connectivity index (χ1v) is 10.1. The van der Waals surface area contributed by atoms with E-state index in [1.807, 2.05) is 42.8 Å². The van der Waals surface area contributed by atoms with E-state index in [1.165, 1.54) is 23.5 Å². The molecule has 0 bridgehead atoms. The van der Waals surface area contributed by atoms with Gasteiger partial charge in [0.1, 0.15) is 11.5 Å². The maximum Gasteiger partial charge on any atom is 0.253 e. The predicted octanol–water partition coefficient (Wildman–Crippen LogP) is 3.27. The van der Waals surface area contributed by atoms with Crippen LogP contribution >= 0.6 is 11.8 Å². The molecule has 3 aromatic rings. The minimum Gasteiger partial charge on any atom is -0.460 e. The highest BCUT2D eigenvalue weighted by Crippen LogP contribution is 2.22. The number of anilines is 1. The van der Waals surface area contributed by atoms with E-state index in [2.05, 4.69) is 39.0 Å². The van der Waals surface area contributed by atoms with Gasteiger partial charge >= 0.3 is 0 Å². The predicted molar refractivity (Wildman–Crippen MR) is 114 cm³/mol. The summed E-state index contributed by atoms with van der Waals surface area (Å²) in [5.41, 5.74) is 4.74. The highest BCUT2D eigenvalue weighted by molar-refractivity contribution is 8.00. The summed E-state index contributed by atoms with van der Waals surface area (Å²) in [6, 6.07) is 11.7. The molecule has 0 aliphatic carbocycles. The Morgan fingerprint density at radius 1 is 1.28 bits per heavy atom. The molecular weight excluding hydrogens is 388 g/mol. The Bertz CT molecular complexity index is 1010. The maximum atomic E-state index is 12.3. The van der Waals surface area contributed by atoms with Crippen LogP contribution < -0.4 is 10.7 Å². The van der Waals surface area contributed by atoms with Crippen LogP contribution in [0.1, 0.15) is 29.8 Å². The van der Waals surface area contributed by atoms with E-state index in [-0.39, 0.29) is 11.2 Å². The number of rotatable bonds is 8. The van der Waals surface area contributed by atoms with Crippen molar-refractivity contribution >= 4 is 29.6 Å². The van der Waals surface area contributed by atoms with Crippen LogP contribution in [0.15, 0.2) is 51.1 Å². The Balaban J connectivity index is 1.53. The topological polar surface area (TPSA) is 97.3 Å². The van der Waals surface area contributed by atoms with Crippen molar-refractivity contribution in [1.29, 1.82) is 0 Å². The lowest BCUT2D eigenvalue weighted by Crippen LogP contribution is -2.27. The first-order chi connectivity index (χ1) is 13.9. The Hall–Kier alpha value is -3.07. The van der Waals surface area contributed by atoms with Gasteiger partial charge in [-0.3, -0.25) is 4.79 Å². The van der Waals surface area contributed by atoms with Crippen molar-refractivity contribution in [3.8, 4) is 0 Å². The smallest absolute Gasteiger partial charge is 0.253 e. The van der Waals surface area contributed by atoms with Gasteiger partial charge in [0.25, 0.3) is 5.91 Å². The van der Waals surface area contributed by atoms with E-state index >= 15 is 0 Å². The maximum absolute atomic E-state index is 12.3. The fraction of sp³-hybridized carbons (Fsp3) is 0.300. The van der Waals surface area contributed by atoms with Crippen molar-refractivity contribution in [2.75, 3.05) is 5.32 Å². The lowest BCUT2D eigenvalue weighted by atomic mass is 10.2. The van der Waals surface area contributed by atoms with Crippen LogP contribution in [-0.4, -0.2) is 32.1 Å². The number of carbonyl (C=O) groups is 1. The molecule has 2 aromatic heterocycles. The molecule has 8 nitrogen and oxygen atoms in total. The van der Waals surface area contributed by atoms with Crippen LogP contribution in [0, 0.1) is 13.8 Å². The number of furan rings is 1. The van der Waals surface area contributed by atoms with Crippen LogP contribution in [0.3, 0.4) is 0 Å². The third-order valence-electron chi connectivity index (χ3n) is 4.29. The van der Waals surface area contributed by atoms with Crippen molar-refractivity contribution in [2.45, 2.75) is 37.7 Å². The Kier molecular flexibility index (Phi) is 6.71. The SMILES string of the molecule is Cc1ccc(/C=N\NC(=O)[C@H](C)Sc2nnc(CNc3ccccc3C)n2C)o1. The van der Waals surface area contributed by atoms with Crippen LogP contribution in [0.5, 0.6) is 0 Å². The number of carbonyl (C=O) groups excluding carboxylic acids is 1. The van der Waals surface area contributed by atoms with E-state index in [9.17, 15) is 4.79 Å². The molecule has 9 heteroatoms. The summed E-state index contributed by atoms with van der Waals surface area (Å²) in [6.45, 7) is 6.24. The highest BCUT2D eigenvalue weighted by atomic mass is 32.2. The van der Waals surface area contributed by atoms with Crippen LogP contribution in [0.2, 0.25) is 0 Å². The van der Waals surface area contributed by atoms with E-state index < -0.39 is 0 Å². The summed E-state index contributed by atoms with van der Waals surface area (Å²) in [4.78, 5) is 12.3. The number of hydrogen-bond acceptors (Lipinski definition) is 7. The quantitative estimate of drug-likeness (QED) is 0.335. The number of benzene rings is 1. The molecule has 0 radical (unpaired) electrons. The third kappa shape index (κ3) is 5.47. The Morgan fingerprint density at radius 3 is 2.79 bits per heavy atom. The Labute approximate surface area is 173 Å². The van der Waals surface area contributed by atoms with Gasteiger partial charge in [0, 0.05) is 12.7 Å². The molecule has 152 valence electrons. The molecule has 0 saturated carbocycles. The van der Waals surface area contributed by atoms with Crippen molar-refractivity contribution < 1.29 is 9.21 Å². The number of para-hydroxylation sites is 1. The van der Waals surface area contributed by atoms with Crippen LogP contribution in [0.25, 0.3) is 0 Å². The van der Waals surface area contributed by atoms with Crippen LogP contribution in [0.4, 0.5) is 5.69 Å². The van der Waals surface area contributed by atoms with Crippen molar-refractivity contribution in [3.63, 3.8) is 0 Å². The summed E-state index contributed by atoms with van der Waals surface area (Å²) in [6.07, 6.45) is 1.47. The van der Waals surface area contributed by atoms with Gasteiger partial charge in [-0.15, -0.1) is 10.2 Å². The minimum atomic E-state index is -0.384. The molecule has 0 unspecified atom stereocenters. The third-order valence-corrected chi connectivity index (χ3v) is 5.42. The lowest BCUT2D eigenvalue weighted by molar-refractivity contribution is -0.120. The van der Waals surface area contributed by atoms with E-state index in [4.69, 9.17) is 4.42 Å². The minimum absolute atomic E-state index is 0.225. The Morgan fingerprint density at radius 2 is 2.07 bits per heavy atom. The van der Waals surface area contributed by atoms with Gasteiger partial charge in [0.05, 0.1) is 18.0 Å². The van der Waals surface area contributed by atoms with Crippen molar-refractivity contribution in [2.24, 2.45) is 12.1 Å². The molecule has 3 rings (SSSR count). The molecule has 0 fully saturated rings. The number of aromatic nitrogens is 3. The zero-order chi connectivity index (χ0) is 20.8. The first kappa shape index (κ1) is 20.7. The summed E-state index contributed by atoms with van der Waals surface area (Å²) in [5, 5.41) is 16.0. The summed E-state index contributed by atoms with van der Waals surface area (Å²) < 4.78 is 7.25. The molecule has 0 saturated heterocycles. The highest BCUT2D eigenvalue weighted by Gasteiger charge is 2.18. The molecule has 2 N–H and O–H groups in total. The first-order valence-electron chi connectivity index (χ1n) is 9.18. The van der Waals surface area contributed by atoms with Gasteiger partial charge < -0.3 is 14.3 Å². The molecule has 1 atom stereocenters. The molecule has 0 aliphatic rings. The number of hydrazone groups is 1. The van der Waals surface area contributed by atoms with Gasteiger partial charge in [-0.2, -0.15) is 5.10 Å². The molecule has 0 aliphatic heterocycles. The van der Waals surface area contributed by atoms with Gasteiger partial charge in [0.2, 0.25) is 0 Å². The average molecular weight is 413 g/mol. The van der Waals surface area contributed by atoms with Crippen LogP contribution in [-0.2, 0) is 18.4 Å². The van der Waals surface area contributed by atoms with Gasteiger partial charge in [0.15, 0.2) is 11.0 Å². The normalized spacial score (nSPS) is 12.3. The van der Waals surface area contributed by atoms with E-state index in [0.717, 1.165) is 17.3 Å². The molecular formula is C20H24N6O2S. The van der Waals surface area contributed by atoms with Gasteiger partial charge in [-0.05, 0) is 44.5 Å².